The van der Waals surface area contributed by atoms with Crippen molar-refractivity contribution < 1.29 is 9.37 Å². The number of carbonyl (C=O) groups is 1. The summed E-state index contributed by atoms with van der Waals surface area (Å²) in [5.74, 6) is 1.86. The average molecular weight is 598 g/mol. The van der Waals surface area contributed by atoms with Crippen LogP contribution >= 0.6 is 23.2 Å². The van der Waals surface area contributed by atoms with Gasteiger partial charge in [0.2, 0.25) is 5.69 Å². The Kier molecular flexibility index (Phi) is 7.27. The molecular weight excluding hydrogens is 563 g/mol. The highest BCUT2D eigenvalue weighted by atomic mass is 35.5. The molecule has 1 aliphatic carbocycles. The van der Waals surface area contributed by atoms with E-state index in [-0.39, 0.29) is 23.4 Å². The van der Waals surface area contributed by atoms with Crippen LogP contribution in [-0.4, -0.2) is 34.0 Å². The number of nitriles is 1. The molecule has 2 aromatic carbocycles. The van der Waals surface area contributed by atoms with Gasteiger partial charge < -0.3 is 10.3 Å². The van der Waals surface area contributed by atoms with Gasteiger partial charge in [0.15, 0.2) is 17.5 Å². The smallest absolute Gasteiger partial charge is 0.210 e. The molecule has 0 fully saturated rings. The maximum Gasteiger partial charge on any atom is 0.210 e. The van der Waals surface area contributed by atoms with Crippen LogP contribution in [0.3, 0.4) is 0 Å². The number of hydrogen-bond acceptors (Lipinski definition) is 3. The maximum atomic E-state index is 14.0. The van der Waals surface area contributed by atoms with E-state index < -0.39 is 10.8 Å². The SMILES string of the molecule is CC(C)N1/C(=C/C2=C(C(=C=[N-])C#N)C(=C/C3=[N+](C(C)C)c4ccc(Cl)cc4C3(C)C)/C2=O)C(C)(C)c2cc(Cl)ccc21. The highest BCUT2D eigenvalue weighted by Crippen LogP contribution is 2.51. The second-order valence-corrected chi connectivity index (χ2v) is 13.6. The van der Waals surface area contributed by atoms with Crippen LogP contribution in [-0.2, 0) is 15.6 Å². The van der Waals surface area contributed by atoms with Gasteiger partial charge in [-0.15, -0.1) is 0 Å². The van der Waals surface area contributed by atoms with Crippen molar-refractivity contribution in [2.45, 2.75) is 78.3 Å². The van der Waals surface area contributed by atoms with Crippen LogP contribution < -0.4 is 4.90 Å². The molecule has 5 rings (SSSR count). The third-order valence-electron chi connectivity index (χ3n) is 8.68. The summed E-state index contributed by atoms with van der Waals surface area (Å²) < 4.78 is 2.21. The van der Waals surface area contributed by atoms with E-state index in [1.807, 2.05) is 60.5 Å². The van der Waals surface area contributed by atoms with Crippen LogP contribution in [0.2, 0.25) is 10.0 Å². The van der Waals surface area contributed by atoms with E-state index in [0.29, 0.717) is 26.8 Å². The molecule has 7 heteroatoms. The van der Waals surface area contributed by atoms with Crippen LogP contribution in [0.15, 0.2) is 76.5 Å². The van der Waals surface area contributed by atoms with E-state index in [4.69, 9.17) is 23.2 Å². The summed E-state index contributed by atoms with van der Waals surface area (Å²) in [6.45, 7) is 16.8. The summed E-state index contributed by atoms with van der Waals surface area (Å²) in [6.07, 6.45) is 3.74. The van der Waals surface area contributed by atoms with Gasteiger partial charge in [-0.25, -0.2) is 5.87 Å². The Hall–Kier alpha value is -3.68. The number of Topliss-reactive ketones (excluding diaryl/α,β-unsaturated/α-hetero) is 1. The van der Waals surface area contributed by atoms with Crippen LogP contribution in [0, 0.1) is 11.3 Å². The minimum absolute atomic E-state index is 0.0757. The van der Waals surface area contributed by atoms with Gasteiger partial charge in [-0.2, -0.15) is 9.84 Å². The van der Waals surface area contributed by atoms with Crippen LogP contribution in [0.5, 0.6) is 0 Å². The van der Waals surface area contributed by atoms with Gasteiger partial charge >= 0.3 is 0 Å². The number of benzene rings is 2. The molecule has 0 unspecified atom stereocenters. The van der Waals surface area contributed by atoms with Gasteiger partial charge in [0, 0.05) is 67.3 Å². The summed E-state index contributed by atoms with van der Waals surface area (Å²) in [5.41, 5.74) is 6.20. The first-order valence-corrected chi connectivity index (χ1v) is 14.9. The number of ketones is 1. The monoisotopic (exact) mass is 596 g/mol. The van der Waals surface area contributed by atoms with E-state index in [2.05, 4.69) is 64.9 Å². The Bertz CT molecular complexity index is 1790. The summed E-state index contributed by atoms with van der Waals surface area (Å²) in [5, 5.41) is 21.2. The topological polar surface area (TPSA) is 69.4 Å². The van der Waals surface area contributed by atoms with Gasteiger partial charge in [0.05, 0.1) is 11.0 Å². The van der Waals surface area contributed by atoms with Crippen LogP contribution in [0.4, 0.5) is 11.4 Å². The zero-order valence-corrected chi connectivity index (χ0v) is 26.7. The number of nitrogens with zero attached hydrogens (tertiary/aromatic N) is 4. The van der Waals surface area contributed by atoms with Crippen molar-refractivity contribution in [2.24, 2.45) is 0 Å². The quantitative estimate of drug-likeness (QED) is 0.151. The number of anilines is 1. The van der Waals surface area contributed by atoms with E-state index in [9.17, 15) is 15.5 Å². The molecule has 0 saturated carbocycles. The number of carbonyl (C=O) groups excluding carboxylic acids is 1. The third-order valence-corrected chi connectivity index (χ3v) is 9.15. The second-order valence-electron chi connectivity index (χ2n) is 12.7. The lowest BCUT2D eigenvalue weighted by atomic mass is 9.73. The first-order valence-electron chi connectivity index (χ1n) is 14.1. The molecule has 0 saturated heterocycles. The Balaban J connectivity index is 1.74. The fourth-order valence-electron chi connectivity index (χ4n) is 6.60. The number of halogens is 2. The maximum absolute atomic E-state index is 14.0. The largest absolute Gasteiger partial charge is 0.762 e. The fourth-order valence-corrected chi connectivity index (χ4v) is 6.94. The van der Waals surface area contributed by atoms with Gasteiger partial charge in [-0.3, -0.25) is 4.79 Å². The van der Waals surface area contributed by atoms with E-state index in [0.717, 1.165) is 33.9 Å². The number of allylic oxidation sites excluding steroid dienone is 7. The van der Waals surface area contributed by atoms with E-state index in [1.54, 1.807) is 0 Å². The third kappa shape index (κ3) is 4.33. The number of fused-ring (bicyclic) bond motifs is 2. The molecule has 2 heterocycles. The molecule has 214 valence electrons. The first kappa shape index (κ1) is 29.8. The summed E-state index contributed by atoms with van der Waals surface area (Å²) in [4.78, 5) is 16.2. The Labute approximate surface area is 258 Å². The highest BCUT2D eigenvalue weighted by Gasteiger charge is 2.48. The molecule has 3 aliphatic rings. The fraction of sp³-hybridized carbons (Fsp3) is 0.343. The molecule has 0 bridgehead atoms. The molecule has 2 aliphatic heterocycles. The zero-order valence-electron chi connectivity index (χ0n) is 25.2. The molecule has 0 radical (unpaired) electrons. The normalized spacial score (nSPS) is 20.4. The van der Waals surface area contributed by atoms with Crippen molar-refractivity contribution in [2.75, 3.05) is 4.90 Å². The number of rotatable bonds is 5. The molecule has 42 heavy (non-hydrogen) atoms. The summed E-state index contributed by atoms with van der Waals surface area (Å²) in [7, 11) is 0. The van der Waals surface area contributed by atoms with Crippen molar-refractivity contribution in [3.05, 3.63) is 103 Å². The van der Waals surface area contributed by atoms with Crippen molar-refractivity contribution in [3.63, 3.8) is 0 Å². The Morgan fingerprint density at radius 1 is 0.976 bits per heavy atom. The lowest BCUT2D eigenvalue weighted by molar-refractivity contribution is -0.472. The van der Waals surface area contributed by atoms with Gasteiger partial charge in [-0.05, 0) is 83.5 Å². The lowest BCUT2D eigenvalue weighted by Gasteiger charge is -2.32. The predicted molar refractivity (Wildman–Crippen MR) is 172 cm³/mol. The lowest BCUT2D eigenvalue weighted by Crippen LogP contribution is -2.34. The van der Waals surface area contributed by atoms with Gasteiger partial charge in [0.1, 0.15) is 6.07 Å². The average Bonchev–Trinajstić information content (AvgIpc) is 3.28. The summed E-state index contributed by atoms with van der Waals surface area (Å²) in [6, 6.07) is 14.0. The molecular formula is C35H34Cl2N4O. The molecule has 5 nitrogen and oxygen atoms in total. The molecule has 0 N–H and O–H groups in total. The Morgan fingerprint density at radius 3 is 2.17 bits per heavy atom. The van der Waals surface area contributed by atoms with Crippen molar-refractivity contribution >= 4 is 51.9 Å². The minimum atomic E-state index is -0.459. The van der Waals surface area contributed by atoms with Gasteiger partial charge in [-0.1, -0.05) is 37.0 Å². The standard InChI is InChI=1S/C35H34Cl2N4O/c1-19(2)40-28-11-9-22(36)13-26(28)34(5,6)30(40)15-24-32(21(17-38)18-39)25(33(24)42)16-31-35(7,8)27-14-23(37)10-12-29(27)41(31)20(3)4/h9-16,19-20H,1-8H3. The van der Waals surface area contributed by atoms with Gasteiger partial charge in [0.25, 0.3) is 0 Å². The second kappa shape index (κ2) is 10.2. The highest BCUT2D eigenvalue weighted by molar-refractivity contribution is 6.31. The molecule has 0 aromatic heterocycles. The van der Waals surface area contributed by atoms with Crippen molar-refractivity contribution in [1.29, 1.82) is 5.26 Å². The van der Waals surface area contributed by atoms with E-state index in [1.165, 1.54) is 0 Å². The van der Waals surface area contributed by atoms with Crippen LogP contribution in [0.25, 0.3) is 5.41 Å². The first-order chi connectivity index (χ1) is 19.7. The van der Waals surface area contributed by atoms with Crippen LogP contribution in [0.1, 0.15) is 66.5 Å². The van der Waals surface area contributed by atoms with Crippen molar-refractivity contribution in [3.8, 4) is 6.07 Å². The molecule has 2 aromatic rings. The minimum Gasteiger partial charge on any atom is -0.762 e. The number of hydrogen-bond donors (Lipinski definition) is 0. The Morgan fingerprint density at radius 2 is 1.60 bits per heavy atom. The van der Waals surface area contributed by atoms with Crippen molar-refractivity contribution in [1.82, 2.24) is 0 Å². The zero-order chi connectivity index (χ0) is 30.9. The molecule has 0 atom stereocenters. The predicted octanol–water partition coefficient (Wildman–Crippen LogP) is 8.36. The summed E-state index contributed by atoms with van der Waals surface area (Å²) >= 11 is 12.8. The molecule has 0 amide bonds. The van der Waals surface area contributed by atoms with E-state index >= 15 is 0 Å². The molecule has 0 spiro atoms.